The summed E-state index contributed by atoms with van der Waals surface area (Å²) in [4.78, 5) is 2.02. The molecule has 5 N–H and O–H groups in total. The van der Waals surface area contributed by atoms with Crippen molar-refractivity contribution in [3.05, 3.63) is 95.1 Å². The number of nitrogen functional groups attached to an aromatic ring is 1. The first-order chi connectivity index (χ1) is 16.4. The van der Waals surface area contributed by atoms with E-state index < -0.39 is 12.4 Å². The summed E-state index contributed by atoms with van der Waals surface area (Å²) in [6.45, 7) is 0.974. The second kappa shape index (κ2) is 11.0. The van der Waals surface area contributed by atoms with Gasteiger partial charge in [0.2, 0.25) is 0 Å². The lowest BCUT2D eigenvalue weighted by molar-refractivity contribution is -0.252. The highest BCUT2D eigenvalue weighted by molar-refractivity contribution is 5.41. The zero-order valence-electron chi connectivity index (χ0n) is 19.2. The van der Waals surface area contributed by atoms with Crippen LogP contribution < -0.4 is 5.73 Å². The highest BCUT2D eigenvalue weighted by Crippen LogP contribution is 2.38. The van der Waals surface area contributed by atoms with Crippen LogP contribution in [0.5, 0.6) is 5.75 Å². The minimum atomic E-state index is -0.733. The fourth-order valence-corrected chi connectivity index (χ4v) is 4.29. The van der Waals surface area contributed by atoms with Crippen molar-refractivity contribution in [2.45, 2.75) is 37.6 Å². The van der Waals surface area contributed by atoms with E-state index in [-0.39, 0.29) is 24.6 Å². The predicted octanol–water partition coefficient (Wildman–Crippen LogP) is 3.68. The molecule has 4 atom stereocenters. The number of aliphatic hydroxyl groups is 2. The fraction of sp³-hybridized carbons (Fsp3) is 0.333. The molecule has 7 heteroatoms. The van der Waals surface area contributed by atoms with E-state index in [1.54, 1.807) is 24.3 Å². The van der Waals surface area contributed by atoms with Gasteiger partial charge in [-0.1, -0.05) is 48.5 Å². The molecular formula is C27H32N2O5. The molecule has 0 spiro atoms. The summed E-state index contributed by atoms with van der Waals surface area (Å²) < 4.78 is 12.6. The van der Waals surface area contributed by atoms with E-state index in [0.717, 1.165) is 16.7 Å². The molecule has 1 heterocycles. The fourth-order valence-electron chi connectivity index (χ4n) is 4.29. The van der Waals surface area contributed by atoms with Crippen molar-refractivity contribution in [2.75, 3.05) is 25.9 Å². The van der Waals surface area contributed by atoms with Crippen LogP contribution in [0.3, 0.4) is 0 Å². The SMILES string of the molecule is CN(CC1CC(c2ccc(CO)cc2)OC(c2cccc(N)c2)O1)CC(O)c1cccc(O)c1. The van der Waals surface area contributed by atoms with E-state index in [0.29, 0.717) is 30.8 Å². The van der Waals surface area contributed by atoms with Crippen LogP contribution in [0.25, 0.3) is 0 Å². The molecule has 1 aliphatic rings. The van der Waals surface area contributed by atoms with E-state index in [2.05, 4.69) is 0 Å². The number of benzene rings is 3. The van der Waals surface area contributed by atoms with E-state index in [1.165, 1.54) is 0 Å². The Kier molecular flexibility index (Phi) is 7.82. The Morgan fingerprint density at radius 2 is 1.76 bits per heavy atom. The lowest BCUT2D eigenvalue weighted by Gasteiger charge is -2.38. The van der Waals surface area contributed by atoms with E-state index in [4.69, 9.17) is 15.2 Å². The summed E-state index contributed by atoms with van der Waals surface area (Å²) in [5.74, 6) is 0.131. The van der Waals surface area contributed by atoms with Gasteiger partial charge in [-0.2, -0.15) is 0 Å². The number of hydrogen-bond acceptors (Lipinski definition) is 7. The van der Waals surface area contributed by atoms with Gasteiger partial charge < -0.3 is 35.4 Å². The minimum Gasteiger partial charge on any atom is -0.508 e. The summed E-state index contributed by atoms with van der Waals surface area (Å²) in [7, 11) is 1.94. The molecule has 0 radical (unpaired) electrons. The number of likely N-dealkylation sites (N-methyl/N-ethyl adjacent to an activating group) is 1. The van der Waals surface area contributed by atoms with E-state index >= 15 is 0 Å². The molecular weight excluding hydrogens is 432 g/mol. The van der Waals surface area contributed by atoms with Gasteiger partial charge in [0.25, 0.3) is 0 Å². The van der Waals surface area contributed by atoms with Crippen LogP contribution in [0.1, 0.15) is 47.2 Å². The van der Waals surface area contributed by atoms with Gasteiger partial charge in [0.05, 0.1) is 24.9 Å². The van der Waals surface area contributed by atoms with Gasteiger partial charge in [-0.3, -0.25) is 0 Å². The molecule has 4 unspecified atom stereocenters. The van der Waals surface area contributed by atoms with Crippen molar-refractivity contribution in [2.24, 2.45) is 0 Å². The first kappa shape index (κ1) is 24.2. The summed E-state index contributed by atoms with van der Waals surface area (Å²) in [6.07, 6.45) is -1.01. The summed E-state index contributed by atoms with van der Waals surface area (Å²) >= 11 is 0. The first-order valence-corrected chi connectivity index (χ1v) is 11.4. The minimum absolute atomic E-state index is 0.00420. The van der Waals surface area contributed by atoms with E-state index in [1.807, 2.05) is 60.5 Å². The highest BCUT2D eigenvalue weighted by atomic mass is 16.7. The van der Waals surface area contributed by atoms with Crippen molar-refractivity contribution >= 4 is 5.69 Å². The Labute approximate surface area is 200 Å². The summed E-state index contributed by atoms with van der Waals surface area (Å²) in [6, 6.07) is 21.9. The van der Waals surface area contributed by atoms with Gasteiger partial charge in [0.1, 0.15) is 5.75 Å². The Balaban J connectivity index is 1.48. The van der Waals surface area contributed by atoms with Crippen LogP contribution in [0, 0.1) is 0 Å². The van der Waals surface area contributed by atoms with Crippen molar-refractivity contribution in [3.8, 4) is 5.75 Å². The zero-order chi connectivity index (χ0) is 24.1. The molecule has 34 heavy (non-hydrogen) atoms. The number of phenols is 1. The van der Waals surface area contributed by atoms with Crippen LogP contribution in [0.15, 0.2) is 72.8 Å². The third kappa shape index (κ3) is 6.14. The summed E-state index contributed by atoms with van der Waals surface area (Å²) in [5, 5.41) is 29.7. The number of hydrogen-bond donors (Lipinski definition) is 4. The molecule has 0 saturated carbocycles. The van der Waals surface area contributed by atoms with Gasteiger partial charge in [-0.05, 0) is 48.0 Å². The molecule has 4 rings (SSSR count). The monoisotopic (exact) mass is 464 g/mol. The lowest BCUT2D eigenvalue weighted by atomic mass is 9.99. The number of aromatic hydroxyl groups is 1. The Morgan fingerprint density at radius 3 is 2.47 bits per heavy atom. The number of nitrogens with zero attached hydrogens (tertiary/aromatic N) is 1. The van der Waals surface area contributed by atoms with Crippen molar-refractivity contribution in [1.29, 1.82) is 0 Å². The standard InChI is InChI=1S/C27H32N2O5/c1-29(16-25(32)20-4-3-7-23(31)13-20)15-24-14-26(19-10-8-18(17-30)9-11-19)34-27(33-24)21-5-2-6-22(28)12-21/h2-13,24-27,30-32H,14-17,28H2,1H3. The van der Waals surface area contributed by atoms with Crippen LogP contribution in [-0.2, 0) is 16.1 Å². The molecule has 0 aliphatic carbocycles. The number of rotatable bonds is 8. The number of phenolic OH excluding ortho intramolecular Hbond substituents is 1. The highest BCUT2D eigenvalue weighted by Gasteiger charge is 2.33. The van der Waals surface area contributed by atoms with Gasteiger partial charge in [0, 0.05) is 30.8 Å². The number of nitrogens with two attached hydrogens (primary N) is 1. The van der Waals surface area contributed by atoms with E-state index in [9.17, 15) is 15.3 Å². The molecule has 1 aliphatic heterocycles. The molecule has 3 aromatic rings. The van der Waals surface area contributed by atoms with Crippen LogP contribution in [-0.4, -0.2) is 46.5 Å². The summed E-state index contributed by atoms with van der Waals surface area (Å²) in [5.41, 5.74) is 10.0. The van der Waals surface area contributed by atoms with Crippen molar-refractivity contribution < 1.29 is 24.8 Å². The first-order valence-electron chi connectivity index (χ1n) is 11.4. The molecule has 0 amide bonds. The van der Waals surface area contributed by atoms with Crippen LogP contribution in [0.4, 0.5) is 5.69 Å². The largest absolute Gasteiger partial charge is 0.508 e. The van der Waals surface area contributed by atoms with Gasteiger partial charge >= 0.3 is 0 Å². The van der Waals surface area contributed by atoms with Crippen LogP contribution in [0.2, 0.25) is 0 Å². The van der Waals surface area contributed by atoms with Gasteiger partial charge in [0.15, 0.2) is 6.29 Å². The maximum absolute atomic E-state index is 10.6. The maximum atomic E-state index is 10.6. The van der Waals surface area contributed by atoms with Gasteiger partial charge in [-0.15, -0.1) is 0 Å². The number of ether oxygens (including phenoxy) is 2. The lowest BCUT2D eigenvalue weighted by Crippen LogP contribution is -2.39. The topological polar surface area (TPSA) is 108 Å². The quantitative estimate of drug-likeness (QED) is 0.377. The maximum Gasteiger partial charge on any atom is 0.185 e. The predicted molar refractivity (Wildman–Crippen MR) is 130 cm³/mol. The molecule has 0 bridgehead atoms. The number of anilines is 1. The molecule has 1 fully saturated rings. The molecule has 1 saturated heterocycles. The normalized spacial score (nSPS) is 21.5. The van der Waals surface area contributed by atoms with Crippen LogP contribution >= 0.6 is 0 Å². The molecule has 0 aromatic heterocycles. The number of aliphatic hydroxyl groups excluding tert-OH is 2. The Morgan fingerprint density at radius 1 is 1.00 bits per heavy atom. The van der Waals surface area contributed by atoms with Crippen molar-refractivity contribution in [3.63, 3.8) is 0 Å². The average molecular weight is 465 g/mol. The van der Waals surface area contributed by atoms with Crippen molar-refractivity contribution in [1.82, 2.24) is 4.90 Å². The zero-order valence-corrected chi connectivity index (χ0v) is 19.2. The molecule has 180 valence electrons. The molecule has 3 aromatic carbocycles. The smallest absolute Gasteiger partial charge is 0.185 e. The average Bonchev–Trinajstić information content (AvgIpc) is 2.84. The third-order valence-electron chi connectivity index (χ3n) is 6.05. The second-order valence-corrected chi connectivity index (χ2v) is 8.85. The second-order valence-electron chi connectivity index (χ2n) is 8.85. The molecule has 7 nitrogen and oxygen atoms in total. The Hall–Kier alpha value is -2.94. The third-order valence-corrected chi connectivity index (χ3v) is 6.05. The van der Waals surface area contributed by atoms with Gasteiger partial charge in [-0.25, -0.2) is 0 Å². The Bertz CT molecular complexity index is 1070.